The van der Waals surface area contributed by atoms with E-state index in [0.29, 0.717) is 10.2 Å². The second-order valence-corrected chi connectivity index (χ2v) is 8.01. The van der Waals surface area contributed by atoms with E-state index < -0.39 is 5.60 Å². The molecule has 2 fully saturated rings. The first-order valence-electron chi connectivity index (χ1n) is 7.87. The number of ether oxygens (including phenoxy) is 2. The zero-order valence-electron chi connectivity index (χ0n) is 13.5. The van der Waals surface area contributed by atoms with Crippen LogP contribution in [-0.2, 0) is 4.74 Å². The number of amides is 1. The van der Waals surface area contributed by atoms with Gasteiger partial charge in [-0.05, 0) is 61.7 Å². The van der Waals surface area contributed by atoms with Gasteiger partial charge in [0.15, 0.2) is 0 Å². The van der Waals surface area contributed by atoms with Crippen LogP contribution in [0.3, 0.4) is 0 Å². The first kappa shape index (κ1) is 16.6. The van der Waals surface area contributed by atoms with Crippen molar-refractivity contribution in [2.75, 3.05) is 0 Å². The van der Waals surface area contributed by atoms with Gasteiger partial charge >= 0.3 is 6.09 Å². The van der Waals surface area contributed by atoms with Crippen LogP contribution < -0.4 is 4.74 Å². The van der Waals surface area contributed by atoms with Gasteiger partial charge in [-0.25, -0.2) is 9.18 Å². The van der Waals surface area contributed by atoms with Gasteiger partial charge in [-0.2, -0.15) is 0 Å². The summed E-state index contributed by atoms with van der Waals surface area (Å²) in [5.41, 5.74) is -0.513. The fourth-order valence-corrected chi connectivity index (χ4v) is 3.73. The third-order valence-corrected chi connectivity index (χ3v) is 4.91. The highest BCUT2D eigenvalue weighted by Gasteiger charge is 2.51. The van der Waals surface area contributed by atoms with Crippen molar-refractivity contribution < 1.29 is 18.7 Å². The second-order valence-electron chi connectivity index (χ2n) is 7.15. The molecule has 0 saturated carbocycles. The van der Waals surface area contributed by atoms with Crippen molar-refractivity contribution in [1.82, 2.24) is 4.90 Å². The molecule has 6 heteroatoms. The first-order valence-corrected chi connectivity index (χ1v) is 8.67. The Kier molecular flexibility index (Phi) is 4.29. The number of rotatable bonds is 2. The van der Waals surface area contributed by atoms with Crippen LogP contribution in [0.25, 0.3) is 0 Å². The van der Waals surface area contributed by atoms with Crippen LogP contribution in [0.2, 0.25) is 0 Å². The van der Waals surface area contributed by atoms with E-state index in [2.05, 4.69) is 15.9 Å². The number of hydrogen-bond acceptors (Lipinski definition) is 3. The maximum absolute atomic E-state index is 13.4. The van der Waals surface area contributed by atoms with E-state index in [4.69, 9.17) is 9.47 Å². The van der Waals surface area contributed by atoms with E-state index in [1.165, 1.54) is 12.1 Å². The molecule has 23 heavy (non-hydrogen) atoms. The largest absolute Gasteiger partial charge is 0.487 e. The maximum atomic E-state index is 13.4. The predicted octanol–water partition coefficient (Wildman–Crippen LogP) is 4.51. The number of halogens is 2. The molecule has 1 aromatic rings. The van der Waals surface area contributed by atoms with Crippen LogP contribution >= 0.6 is 15.9 Å². The lowest BCUT2D eigenvalue weighted by molar-refractivity contribution is 0.0181. The molecule has 0 radical (unpaired) electrons. The topological polar surface area (TPSA) is 38.8 Å². The SMILES string of the molecule is CC(C)(C)OC(=O)N1C2CCC1C(Oc1cc(F)ccc1Br)C2. The monoisotopic (exact) mass is 385 g/mol. The lowest BCUT2D eigenvalue weighted by Crippen LogP contribution is -2.42. The minimum atomic E-state index is -0.513. The molecule has 2 aliphatic rings. The van der Waals surface area contributed by atoms with Crippen molar-refractivity contribution in [3.8, 4) is 5.75 Å². The molecule has 3 unspecified atom stereocenters. The van der Waals surface area contributed by atoms with E-state index in [1.807, 2.05) is 25.7 Å². The fraction of sp³-hybridized carbons (Fsp3) is 0.588. The highest BCUT2D eigenvalue weighted by atomic mass is 79.9. The Bertz CT molecular complexity index is 616. The summed E-state index contributed by atoms with van der Waals surface area (Å²) >= 11 is 3.38. The molecule has 2 bridgehead atoms. The average molecular weight is 386 g/mol. The predicted molar refractivity (Wildman–Crippen MR) is 88.0 cm³/mol. The van der Waals surface area contributed by atoms with E-state index >= 15 is 0 Å². The number of carbonyl (C=O) groups excluding carboxylic acids is 1. The van der Waals surface area contributed by atoms with Crippen LogP contribution in [0.15, 0.2) is 22.7 Å². The number of hydrogen-bond donors (Lipinski definition) is 0. The minimum Gasteiger partial charge on any atom is -0.487 e. The quantitative estimate of drug-likeness (QED) is 0.751. The van der Waals surface area contributed by atoms with Crippen LogP contribution in [0.4, 0.5) is 9.18 Å². The minimum absolute atomic E-state index is 0.00924. The number of carbonyl (C=O) groups is 1. The van der Waals surface area contributed by atoms with Gasteiger partial charge in [0.2, 0.25) is 0 Å². The second kappa shape index (κ2) is 5.96. The van der Waals surface area contributed by atoms with Crippen molar-refractivity contribution in [1.29, 1.82) is 0 Å². The lowest BCUT2D eigenvalue weighted by Gasteiger charge is -2.28. The summed E-state index contributed by atoms with van der Waals surface area (Å²) in [7, 11) is 0. The molecule has 2 aliphatic heterocycles. The van der Waals surface area contributed by atoms with Gasteiger partial charge in [0, 0.05) is 18.5 Å². The highest BCUT2D eigenvalue weighted by molar-refractivity contribution is 9.10. The molecule has 126 valence electrons. The third kappa shape index (κ3) is 3.47. The zero-order valence-corrected chi connectivity index (χ0v) is 15.1. The number of fused-ring (bicyclic) bond motifs is 2. The lowest BCUT2D eigenvalue weighted by atomic mass is 9.98. The molecule has 0 spiro atoms. The molecule has 2 saturated heterocycles. The molecular formula is C17H21BrFNO3. The van der Waals surface area contributed by atoms with Gasteiger partial charge in [0.25, 0.3) is 0 Å². The molecule has 0 N–H and O–H groups in total. The summed E-state index contributed by atoms with van der Waals surface area (Å²) in [6.07, 6.45) is 2.21. The van der Waals surface area contributed by atoms with Gasteiger partial charge in [-0.1, -0.05) is 0 Å². The van der Waals surface area contributed by atoms with E-state index in [1.54, 1.807) is 6.07 Å². The molecule has 1 aromatic carbocycles. The van der Waals surface area contributed by atoms with Crippen LogP contribution in [0.1, 0.15) is 40.0 Å². The van der Waals surface area contributed by atoms with E-state index in [9.17, 15) is 9.18 Å². The molecular weight excluding hydrogens is 365 g/mol. The van der Waals surface area contributed by atoms with Crippen molar-refractivity contribution in [2.24, 2.45) is 0 Å². The normalized spacial score (nSPS) is 26.5. The Morgan fingerprint density at radius 3 is 2.78 bits per heavy atom. The Morgan fingerprint density at radius 2 is 2.09 bits per heavy atom. The summed E-state index contributed by atoms with van der Waals surface area (Å²) in [6.45, 7) is 5.59. The van der Waals surface area contributed by atoms with Gasteiger partial charge < -0.3 is 9.47 Å². The molecule has 1 amide bonds. The van der Waals surface area contributed by atoms with Gasteiger partial charge in [0.05, 0.1) is 10.5 Å². The summed E-state index contributed by atoms with van der Waals surface area (Å²) in [4.78, 5) is 14.2. The maximum Gasteiger partial charge on any atom is 0.410 e. The molecule has 4 nitrogen and oxygen atoms in total. The fourth-order valence-electron chi connectivity index (χ4n) is 3.39. The first-order chi connectivity index (χ1) is 10.7. The van der Waals surface area contributed by atoms with Crippen molar-refractivity contribution in [3.05, 3.63) is 28.5 Å². The molecule has 0 aromatic heterocycles. The van der Waals surface area contributed by atoms with E-state index in [-0.39, 0.29) is 30.1 Å². The summed E-state index contributed by atoms with van der Waals surface area (Å²) < 4.78 is 25.6. The average Bonchev–Trinajstić information content (AvgIpc) is 2.98. The van der Waals surface area contributed by atoms with Gasteiger partial charge in [-0.15, -0.1) is 0 Å². The Balaban J connectivity index is 1.72. The zero-order chi connectivity index (χ0) is 16.8. The van der Waals surface area contributed by atoms with Gasteiger partial charge in [-0.3, -0.25) is 4.90 Å². The third-order valence-electron chi connectivity index (χ3n) is 4.26. The smallest absolute Gasteiger partial charge is 0.410 e. The van der Waals surface area contributed by atoms with Gasteiger partial charge in [0.1, 0.15) is 23.3 Å². The Labute approximate surface area is 144 Å². The standard InChI is InChI=1S/C17H21BrFNO3/c1-17(2,3)23-16(21)20-11-5-7-13(20)15(9-11)22-14-8-10(19)4-6-12(14)18/h4,6,8,11,13,15H,5,7,9H2,1-3H3. The van der Waals surface area contributed by atoms with Crippen LogP contribution in [0, 0.1) is 5.82 Å². The summed E-state index contributed by atoms with van der Waals surface area (Å²) in [5, 5.41) is 0. The van der Waals surface area contributed by atoms with Crippen LogP contribution in [0.5, 0.6) is 5.75 Å². The van der Waals surface area contributed by atoms with E-state index in [0.717, 1.165) is 19.3 Å². The highest BCUT2D eigenvalue weighted by Crippen LogP contribution is 2.41. The molecule has 3 rings (SSSR count). The van der Waals surface area contributed by atoms with Crippen molar-refractivity contribution in [3.63, 3.8) is 0 Å². The molecule has 0 aliphatic carbocycles. The molecule has 2 heterocycles. The van der Waals surface area contributed by atoms with Crippen LogP contribution in [-0.4, -0.2) is 34.8 Å². The summed E-state index contributed by atoms with van der Waals surface area (Å²) in [6, 6.07) is 4.51. The summed E-state index contributed by atoms with van der Waals surface area (Å²) in [5.74, 6) is 0.141. The molecule has 3 atom stereocenters. The van der Waals surface area contributed by atoms with Crippen molar-refractivity contribution in [2.45, 2.75) is 63.8 Å². The Hall–Kier alpha value is -1.30. The number of benzene rings is 1. The number of nitrogens with zero attached hydrogens (tertiary/aromatic N) is 1. The Morgan fingerprint density at radius 1 is 1.35 bits per heavy atom. The van der Waals surface area contributed by atoms with Crippen molar-refractivity contribution >= 4 is 22.0 Å².